The number of aromatic amines is 1. The van der Waals surface area contributed by atoms with Crippen molar-refractivity contribution < 1.29 is 26.0 Å². The van der Waals surface area contributed by atoms with E-state index >= 15 is 0 Å². The first kappa shape index (κ1) is 22.8. The van der Waals surface area contributed by atoms with Crippen LogP contribution in [0, 0.1) is 6.92 Å². The minimum Gasteiger partial charge on any atom is -0.468 e. The van der Waals surface area contributed by atoms with Gasteiger partial charge in [-0.2, -0.15) is 17.5 Å². The molecule has 0 spiro atoms. The molecule has 0 fully saturated rings. The van der Waals surface area contributed by atoms with Crippen LogP contribution in [0.5, 0.6) is 0 Å². The maximum absolute atomic E-state index is 13.6. The molecule has 0 aliphatic heterocycles. The number of pyridine rings is 1. The van der Waals surface area contributed by atoms with E-state index in [2.05, 4.69) is 4.98 Å². The van der Waals surface area contributed by atoms with E-state index in [1.807, 2.05) is 19.1 Å². The zero-order chi connectivity index (χ0) is 23.8. The second-order valence-electron chi connectivity index (χ2n) is 7.56. The van der Waals surface area contributed by atoms with Crippen LogP contribution in [-0.2, 0) is 29.3 Å². The minimum absolute atomic E-state index is 0.0905. The summed E-state index contributed by atoms with van der Waals surface area (Å²) in [5.74, 6) is 0.219. The summed E-state index contributed by atoms with van der Waals surface area (Å²) in [7, 11) is -4.67. The maximum atomic E-state index is 13.6. The van der Waals surface area contributed by atoms with Crippen LogP contribution in [0.2, 0.25) is 0 Å². The van der Waals surface area contributed by atoms with Gasteiger partial charge in [-0.25, -0.2) is 8.42 Å². The van der Waals surface area contributed by atoms with Gasteiger partial charge in [-0.1, -0.05) is 23.8 Å². The molecule has 0 atom stereocenters. The van der Waals surface area contributed by atoms with Gasteiger partial charge in [-0.15, -0.1) is 0 Å². The number of benzene rings is 2. The molecule has 2 aromatic heterocycles. The number of nitrogens with zero attached hydrogens (tertiary/aromatic N) is 1. The number of furan rings is 1. The highest BCUT2D eigenvalue weighted by Crippen LogP contribution is 2.35. The summed E-state index contributed by atoms with van der Waals surface area (Å²) >= 11 is 0. The highest BCUT2D eigenvalue weighted by Gasteiger charge is 2.39. The van der Waals surface area contributed by atoms with Crippen molar-refractivity contribution in [3.8, 4) is 0 Å². The summed E-state index contributed by atoms with van der Waals surface area (Å²) in [4.78, 5) is 14.5. The molecular weight excluding hydrogens is 457 g/mol. The average Bonchev–Trinajstić information content (AvgIpc) is 3.26. The van der Waals surface area contributed by atoms with Gasteiger partial charge in [-0.05, 0) is 54.8 Å². The lowest BCUT2D eigenvalue weighted by atomic mass is 10.1. The first-order chi connectivity index (χ1) is 15.6. The summed E-state index contributed by atoms with van der Waals surface area (Å²) in [6, 6.07) is 13.9. The fraction of sp³-hybridized carbons (Fsp3) is 0.174. The number of H-pyrrole nitrogens is 1. The van der Waals surface area contributed by atoms with Crippen LogP contribution >= 0.6 is 0 Å². The number of rotatable bonds is 6. The number of fused-ring (bicyclic) bond motifs is 1. The molecule has 10 heteroatoms. The smallest absolute Gasteiger partial charge is 0.417 e. The standard InChI is InChI=1S/C23H19F3N2O4S/c1-15-8-9-20-16(11-15)12-17(22(29)27-20)13-28(14-18-5-4-10-32-18)33(30,31)21-7-3-2-6-19(21)23(24,25)26/h2-12H,13-14H2,1H3,(H,27,29). The Morgan fingerprint density at radius 1 is 1.00 bits per heavy atom. The van der Waals surface area contributed by atoms with E-state index in [0.717, 1.165) is 22.0 Å². The monoisotopic (exact) mass is 476 g/mol. The van der Waals surface area contributed by atoms with Gasteiger partial charge in [-0.3, -0.25) is 4.79 Å². The number of sulfonamides is 1. The summed E-state index contributed by atoms with van der Waals surface area (Å²) in [5, 5.41) is 0.677. The number of aromatic nitrogens is 1. The Kier molecular flexibility index (Phi) is 5.89. The van der Waals surface area contributed by atoms with E-state index in [-0.39, 0.29) is 17.9 Å². The van der Waals surface area contributed by atoms with Crippen LogP contribution in [0.4, 0.5) is 13.2 Å². The zero-order valence-electron chi connectivity index (χ0n) is 17.4. The molecule has 33 heavy (non-hydrogen) atoms. The van der Waals surface area contributed by atoms with Crippen LogP contribution in [-0.4, -0.2) is 17.7 Å². The molecule has 4 aromatic rings. The third-order valence-corrected chi connectivity index (χ3v) is 7.00. The van der Waals surface area contributed by atoms with Crippen LogP contribution in [0.25, 0.3) is 10.9 Å². The largest absolute Gasteiger partial charge is 0.468 e. The molecule has 2 aromatic carbocycles. The molecule has 0 saturated carbocycles. The molecule has 6 nitrogen and oxygen atoms in total. The second-order valence-corrected chi connectivity index (χ2v) is 9.47. The number of alkyl halides is 3. The predicted molar refractivity (Wildman–Crippen MR) is 116 cm³/mol. The summed E-state index contributed by atoms with van der Waals surface area (Å²) in [6.45, 7) is 1.06. The van der Waals surface area contributed by atoms with Gasteiger partial charge in [0, 0.05) is 17.6 Å². The first-order valence-electron chi connectivity index (χ1n) is 9.87. The van der Waals surface area contributed by atoms with Crippen molar-refractivity contribution in [3.05, 3.63) is 99.7 Å². The molecule has 4 rings (SSSR count). The van der Waals surface area contributed by atoms with E-state index in [9.17, 15) is 26.4 Å². The lowest BCUT2D eigenvalue weighted by Crippen LogP contribution is -2.33. The topological polar surface area (TPSA) is 83.4 Å². The molecule has 0 saturated heterocycles. The van der Waals surface area contributed by atoms with Crippen molar-refractivity contribution in [2.75, 3.05) is 0 Å². The van der Waals surface area contributed by atoms with Crippen molar-refractivity contribution in [1.29, 1.82) is 0 Å². The average molecular weight is 476 g/mol. The first-order valence-corrected chi connectivity index (χ1v) is 11.3. The molecule has 0 bridgehead atoms. The number of hydrogen-bond acceptors (Lipinski definition) is 4. The van der Waals surface area contributed by atoms with Crippen molar-refractivity contribution in [1.82, 2.24) is 9.29 Å². The zero-order valence-corrected chi connectivity index (χ0v) is 18.2. The number of halogens is 3. The van der Waals surface area contributed by atoms with Gasteiger partial charge < -0.3 is 9.40 Å². The SMILES string of the molecule is Cc1ccc2[nH]c(=O)c(CN(Cc3ccco3)S(=O)(=O)c3ccccc3C(F)(F)F)cc2c1. The number of nitrogens with one attached hydrogen (secondary N) is 1. The molecule has 0 radical (unpaired) electrons. The maximum Gasteiger partial charge on any atom is 0.417 e. The Hall–Kier alpha value is -3.37. The van der Waals surface area contributed by atoms with E-state index < -0.39 is 38.8 Å². The number of hydrogen-bond donors (Lipinski definition) is 1. The van der Waals surface area contributed by atoms with Crippen LogP contribution in [0.3, 0.4) is 0 Å². The van der Waals surface area contributed by atoms with Crippen molar-refractivity contribution in [3.63, 3.8) is 0 Å². The summed E-state index contributed by atoms with van der Waals surface area (Å²) < 4.78 is 73.6. The van der Waals surface area contributed by atoms with Crippen LogP contribution in [0.1, 0.15) is 22.5 Å². The van der Waals surface area contributed by atoms with E-state index in [0.29, 0.717) is 17.0 Å². The Morgan fingerprint density at radius 3 is 2.45 bits per heavy atom. The fourth-order valence-electron chi connectivity index (χ4n) is 3.55. The van der Waals surface area contributed by atoms with Gasteiger partial charge in [0.25, 0.3) is 5.56 Å². The Morgan fingerprint density at radius 2 is 1.76 bits per heavy atom. The predicted octanol–water partition coefficient (Wildman–Crippen LogP) is 4.84. The quantitative estimate of drug-likeness (QED) is 0.432. The Labute approximate surface area is 187 Å². The van der Waals surface area contributed by atoms with E-state index in [1.54, 1.807) is 12.1 Å². The van der Waals surface area contributed by atoms with Crippen LogP contribution in [0.15, 0.2) is 81.0 Å². The van der Waals surface area contributed by atoms with Gasteiger partial charge in [0.1, 0.15) is 5.76 Å². The van der Waals surface area contributed by atoms with Gasteiger partial charge in [0.2, 0.25) is 10.0 Å². The summed E-state index contributed by atoms with van der Waals surface area (Å²) in [6.07, 6.45) is -3.55. The van der Waals surface area contributed by atoms with Gasteiger partial charge in [0.15, 0.2) is 0 Å². The highest BCUT2D eigenvalue weighted by atomic mass is 32.2. The Bertz CT molecular complexity index is 1460. The molecular formula is C23H19F3N2O4S. The third-order valence-electron chi connectivity index (χ3n) is 5.15. The molecule has 1 N–H and O–H groups in total. The van der Waals surface area contributed by atoms with E-state index in [4.69, 9.17) is 4.42 Å². The third kappa shape index (κ3) is 4.71. The summed E-state index contributed by atoms with van der Waals surface area (Å²) in [5.41, 5.74) is -0.225. The van der Waals surface area contributed by atoms with Crippen molar-refractivity contribution >= 4 is 20.9 Å². The Balaban J connectivity index is 1.83. The second kappa shape index (κ2) is 8.53. The van der Waals surface area contributed by atoms with Crippen LogP contribution < -0.4 is 5.56 Å². The molecule has 0 unspecified atom stereocenters. The van der Waals surface area contributed by atoms with Crippen molar-refractivity contribution in [2.24, 2.45) is 0 Å². The molecule has 0 aliphatic carbocycles. The minimum atomic E-state index is -4.88. The molecule has 0 amide bonds. The fourth-order valence-corrected chi connectivity index (χ4v) is 5.14. The highest BCUT2D eigenvalue weighted by molar-refractivity contribution is 7.89. The molecule has 2 heterocycles. The molecule has 172 valence electrons. The van der Waals surface area contributed by atoms with Crippen molar-refractivity contribution in [2.45, 2.75) is 31.1 Å². The number of aryl methyl sites for hydroxylation is 1. The molecule has 0 aliphatic rings. The lowest BCUT2D eigenvalue weighted by molar-refractivity contribution is -0.139. The van der Waals surface area contributed by atoms with Gasteiger partial charge in [0.05, 0.1) is 23.3 Å². The normalized spacial score (nSPS) is 12.5. The van der Waals surface area contributed by atoms with E-state index in [1.165, 1.54) is 24.5 Å². The van der Waals surface area contributed by atoms with Gasteiger partial charge >= 0.3 is 6.18 Å². The lowest BCUT2D eigenvalue weighted by Gasteiger charge is -2.23.